The van der Waals surface area contributed by atoms with Crippen LogP contribution in [0.1, 0.15) is 16.1 Å². The summed E-state index contributed by atoms with van der Waals surface area (Å²) in [5.74, 6) is -2.77. The van der Waals surface area contributed by atoms with Crippen molar-refractivity contribution in [3.05, 3.63) is 77.6 Å². The number of para-hydroxylation sites is 1. The smallest absolute Gasteiger partial charge is 0.420 e. The van der Waals surface area contributed by atoms with Crippen molar-refractivity contribution in [2.24, 2.45) is 12.0 Å². The standard InChI is InChI=1S/C23H18F5N7O2/c1-35-11-14(23(26,27)28)20(34-35)21(36)31-22(29-17-6-4-3-5-15(17)24)30-19-10-18(32-33-19)13-8-7-12(37-2)9-16(13)25/h3-11H,1-2H3,(H3,29,30,31,32,33,36). The molecule has 4 rings (SSSR count). The van der Waals surface area contributed by atoms with Crippen LogP contribution in [0.3, 0.4) is 0 Å². The number of ether oxygens (including phenoxy) is 1. The highest BCUT2D eigenvalue weighted by Gasteiger charge is 2.38. The number of benzene rings is 2. The van der Waals surface area contributed by atoms with E-state index >= 15 is 0 Å². The number of carbonyl (C=O) groups excluding carboxylic acids is 1. The zero-order valence-electron chi connectivity index (χ0n) is 19.2. The van der Waals surface area contributed by atoms with Gasteiger partial charge in [0.15, 0.2) is 5.69 Å². The molecule has 2 aromatic heterocycles. The lowest BCUT2D eigenvalue weighted by Gasteiger charge is -2.11. The molecule has 0 unspecified atom stereocenters. The Bertz CT molecular complexity index is 1480. The van der Waals surface area contributed by atoms with Crippen molar-refractivity contribution in [1.29, 1.82) is 0 Å². The predicted molar refractivity (Wildman–Crippen MR) is 124 cm³/mol. The van der Waals surface area contributed by atoms with Crippen molar-refractivity contribution in [1.82, 2.24) is 20.0 Å². The van der Waals surface area contributed by atoms with Crippen LogP contribution >= 0.6 is 0 Å². The Morgan fingerprint density at radius 2 is 1.84 bits per heavy atom. The van der Waals surface area contributed by atoms with Crippen LogP contribution in [0.25, 0.3) is 11.3 Å². The van der Waals surface area contributed by atoms with Gasteiger partial charge in [-0.2, -0.15) is 28.4 Å². The monoisotopic (exact) mass is 519 g/mol. The maximum Gasteiger partial charge on any atom is 0.420 e. The van der Waals surface area contributed by atoms with Crippen molar-refractivity contribution >= 4 is 23.4 Å². The lowest BCUT2D eigenvalue weighted by molar-refractivity contribution is -0.138. The average Bonchev–Trinajstić information content (AvgIpc) is 3.47. The molecule has 0 aliphatic carbocycles. The van der Waals surface area contributed by atoms with E-state index in [1.54, 1.807) is 0 Å². The number of nitrogens with one attached hydrogen (secondary N) is 3. The summed E-state index contributed by atoms with van der Waals surface area (Å²) in [6.07, 6.45) is -4.22. The normalized spacial score (nSPS) is 11.9. The molecule has 0 fully saturated rings. The third-order valence-electron chi connectivity index (χ3n) is 4.96. The Labute approximate surface area is 206 Å². The van der Waals surface area contributed by atoms with Gasteiger partial charge in [-0.05, 0) is 24.3 Å². The van der Waals surface area contributed by atoms with E-state index in [0.717, 1.165) is 16.8 Å². The van der Waals surface area contributed by atoms with Gasteiger partial charge in [0.05, 0.1) is 18.5 Å². The summed E-state index contributed by atoms with van der Waals surface area (Å²) in [6.45, 7) is 0. The number of aryl methyl sites for hydroxylation is 1. The molecule has 2 heterocycles. The van der Waals surface area contributed by atoms with E-state index in [1.165, 1.54) is 50.6 Å². The number of hydrogen-bond donors (Lipinski definition) is 3. The summed E-state index contributed by atoms with van der Waals surface area (Å²) in [6, 6.07) is 10.8. The van der Waals surface area contributed by atoms with Crippen LogP contribution in [0, 0.1) is 11.6 Å². The molecule has 0 bridgehead atoms. The molecule has 192 valence electrons. The average molecular weight is 519 g/mol. The number of alkyl halides is 3. The quantitative estimate of drug-likeness (QED) is 0.198. The molecule has 1 amide bonds. The largest absolute Gasteiger partial charge is 0.497 e. The van der Waals surface area contributed by atoms with Gasteiger partial charge in [0.1, 0.15) is 28.8 Å². The van der Waals surface area contributed by atoms with Crippen molar-refractivity contribution in [2.45, 2.75) is 6.18 Å². The van der Waals surface area contributed by atoms with Gasteiger partial charge in [-0.3, -0.25) is 14.6 Å². The third-order valence-corrected chi connectivity index (χ3v) is 4.96. The number of anilines is 2. The molecular weight excluding hydrogens is 501 g/mol. The summed E-state index contributed by atoms with van der Waals surface area (Å²) in [4.78, 5) is 16.4. The Balaban J connectivity index is 1.68. The minimum Gasteiger partial charge on any atom is -0.497 e. The van der Waals surface area contributed by atoms with Crippen LogP contribution < -0.4 is 15.4 Å². The van der Waals surface area contributed by atoms with Crippen molar-refractivity contribution in [3.8, 4) is 17.0 Å². The second-order valence-electron chi connectivity index (χ2n) is 7.57. The van der Waals surface area contributed by atoms with E-state index < -0.39 is 40.9 Å². The van der Waals surface area contributed by atoms with Gasteiger partial charge in [0.2, 0.25) is 5.96 Å². The van der Waals surface area contributed by atoms with Crippen molar-refractivity contribution in [2.75, 3.05) is 17.7 Å². The Morgan fingerprint density at radius 1 is 1.08 bits per heavy atom. The molecule has 0 aliphatic rings. The number of methoxy groups -OCH3 is 1. The van der Waals surface area contributed by atoms with Crippen LogP contribution in [0.2, 0.25) is 0 Å². The molecule has 3 N–H and O–H groups in total. The number of H-pyrrole nitrogens is 1. The number of hydrogen-bond acceptors (Lipinski definition) is 4. The third kappa shape index (κ3) is 5.74. The summed E-state index contributed by atoms with van der Waals surface area (Å²) < 4.78 is 74.6. The molecule has 14 heteroatoms. The van der Waals surface area contributed by atoms with Gasteiger partial charge in [0.25, 0.3) is 0 Å². The predicted octanol–water partition coefficient (Wildman–Crippen LogP) is 4.84. The van der Waals surface area contributed by atoms with Gasteiger partial charge in [-0.25, -0.2) is 8.78 Å². The molecule has 0 radical (unpaired) electrons. The lowest BCUT2D eigenvalue weighted by Crippen LogP contribution is -2.25. The van der Waals surface area contributed by atoms with Crippen LogP contribution in [-0.4, -0.2) is 39.0 Å². The molecule has 4 aromatic rings. The maximum atomic E-state index is 14.4. The fraction of sp³-hybridized carbons (Fsp3) is 0.130. The first-order chi connectivity index (χ1) is 17.5. The van der Waals surface area contributed by atoms with Gasteiger partial charge in [-0.1, -0.05) is 12.1 Å². The topological polar surface area (TPSA) is 109 Å². The number of amides is 1. The Kier molecular flexibility index (Phi) is 6.91. The van der Waals surface area contributed by atoms with Crippen LogP contribution in [0.5, 0.6) is 5.75 Å². The fourth-order valence-corrected chi connectivity index (χ4v) is 3.27. The number of guanidine groups is 1. The number of aliphatic imine (C=N–C) groups is 1. The molecule has 0 spiro atoms. The molecule has 2 aromatic carbocycles. The van der Waals surface area contributed by atoms with E-state index in [9.17, 15) is 26.7 Å². The number of rotatable bonds is 5. The molecule has 0 saturated carbocycles. The minimum atomic E-state index is -4.86. The van der Waals surface area contributed by atoms with E-state index in [0.29, 0.717) is 11.9 Å². The first-order valence-corrected chi connectivity index (χ1v) is 10.5. The summed E-state index contributed by atoms with van der Waals surface area (Å²) in [7, 11) is 2.61. The van der Waals surface area contributed by atoms with Gasteiger partial charge < -0.3 is 15.4 Å². The maximum absolute atomic E-state index is 14.4. The highest BCUT2D eigenvalue weighted by atomic mass is 19.4. The molecule has 0 saturated heterocycles. The van der Waals surface area contributed by atoms with Crippen molar-refractivity contribution in [3.63, 3.8) is 0 Å². The fourth-order valence-electron chi connectivity index (χ4n) is 3.27. The summed E-state index contributed by atoms with van der Waals surface area (Å²) in [5, 5.41) is 15.3. The SMILES string of the molecule is COc1ccc(-c2cc(N/C(=N\C(=O)c3nn(C)cc3C(F)(F)F)Nc3ccccc3F)[nH]n2)c(F)c1. The zero-order chi connectivity index (χ0) is 26.7. The van der Waals surface area contributed by atoms with Crippen LogP contribution in [-0.2, 0) is 13.2 Å². The summed E-state index contributed by atoms with van der Waals surface area (Å²) in [5.41, 5.74) is -2.09. The highest BCUT2D eigenvalue weighted by molar-refractivity contribution is 6.11. The van der Waals surface area contributed by atoms with Gasteiger partial charge in [-0.15, -0.1) is 0 Å². The number of nitrogens with zero attached hydrogens (tertiary/aromatic N) is 4. The second kappa shape index (κ2) is 10.1. The highest BCUT2D eigenvalue weighted by Crippen LogP contribution is 2.32. The molecule has 37 heavy (non-hydrogen) atoms. The number of halogens is 5. The van der Waals surface area contributed by atoms with Gasteiger partial charge >= 0.3 is 12.1 Å². The van der Waals surface area contributed by atoms with E-state index in [-0.39, 0.29) is 22.8 Å². The number of carbonyl (C=O) groups is 1. The van der Waals surface area contributed by atoms with Gasteiger partial charge in [0, 0.05) is 30.9 Å². The van der Waals surface area contributed by atoms with E-state index in [4.69, 9.17) is 4.74 Å². The molecule has 0 atom stereocenters. The first-order valence-electron chi connectivity index (χ1n) is 10.5. The first kappa shape index (κ1) is 25.3. The minimum absolute atomic E-state index is 0.0673. The Hall–Kier alpha value is -4.75. The number of aromatic nitrogens is 4. The molecular formula is C23H18F5N7O2. The van der Waals surface area contributed by atoms with Crippen LogP contribution in [0.15, 0.2) is 59.7 Å². The lowest BCUT2D eigenvalue weighted by atomic mass is 10.1. The number of aromatic amines is 1. The second-order valence-corrected chi connectivity index (χ2v) is 7.57. The van der Waals surface area contributed by atoms with Crippen molar-refractivity contribution < 1.29 is 31.5 Å². The van der Waals surface area contributed by atoms with Crippen LogP contribution in [0.4, 0.5) is 33.5 Å². The molecule has 9 nitrogen and oxygen atoms in total. The molecule has 0 aliphatic heterocycles. The summed E-state index contributed by atoms with van der Waals surface area (Å²) >= 11 is 0. The van der Waals surface area contributed by atoms with E-state index in [1.807, 2.05) is 0 Å². The zero-order valence-corrected chi connectivity index (χ0v) is 19.2. The Morgan fingerprint density at radius 3 is 2.51 bits per heavy atom. The van der Waals surface area contributed by atoms with E-state index in [2.05, 4.69) is 30.9 Å².